The number of carboxylic acid groups (broad SMARTS) is 1. The summed E-state index contributed by atoms with van der Waals surface area (Å²) < 4.78 is 11.2. The molecule has 1 fully saturated rings. The van der Waals surface area contributed by atoms with Gasteiger partial charge in [-0.15, -0.1) is 0 Å². The molecule has 1 N–H and O–H groups in total. The van der Waals surface area contributed by atoms with Crippen LogP contribution in [0.1, 0.15) is 13.8 Å². The smallest absolute Gasteiger partial charge is 0.307 e. The largest absolute Gasteiger partial charge is 0.481 e. The van der Waals surface area contributed by atoms with Gasteiger partial charge < -0.3 is 5.11 Å². The van der Waals surface area contributed by atoms with Crippen molar-refractivity contribution in [1.82, 2.24) is 0 Å². The van der Waals surface area contributed by atoms with Gasteiger partial charge in [0, 0.05) is 0 Å². The Kier molecular flexibility index (Phi) is 3.27. The molecule has 0 spiro atoms. The number of carbonyl (C=O) groups is 1. The van der Waals surface area contributed by atoms with E-state index in [9.17, 15) is 9.18 Å². The molecular formula is C8H10Br2ClFO2. The number of carboxylic acids is 1. The predicted molar refractivity (Wildman–Crippen MR) is 59.7 cm³/mol. The third kappa shape index (κ3) is 2.09. The molecule has 0 bridgehead atoms. The van der Waals surface area contributed by atoms with Crippen molar-refractivity contribution < 1.29 is 14.3 Å². The van der Waals surface area contributed by atoms with Gasteiger partial charge in [0.25, 0.3) is 0 Å². The molecule has 0 aromatic carbocycles. The van der Waals surface area contributed by atoms with Crippen molar-refractivity contribution in [3.63, 3.8) is 0 Å². The lowest BCUT2D eigenvalue weighted by molar-refractivity contribution is -0.139. The minimum Gasteiger partial charge on any atom is -0.481 e. The van der Waals surface area contributed by atoms with E-state index in [2.05, 4.69) is 31.9 Å². The fraction of sp³-hybridized carbons (Fsp3) is 0.875. The lowest BCUT2D eigenvalue weighted by Gasteiger charge is -2.18. The molecule has 82 valence electrons. The molecule has 0 aromatic heterocycles. The molecule has 14 heavy (non-hydrogen) atoms. The fourth-order valence-corrected chi connectivity index (χ4v) is 3.31. The molecule has 6 heteroatoms. The van der Waals surface area contributed by atoms with Crippen LogP contribution in [-0.4, -0.2) is 19.9 Å². The van der Waals surface area contributed by atoms with Gasteiger partial charge in [0.05, 0.1) is 10.7 Å². The van der Waals surface area contributed by atoms with E-state index >= 15 is 0 Å². The van der Waals surface area contributed by atoms with E-state index in [1.807, 2.05) is 0 Å². The molecule has 0 amide bonds. The lowest BCUT2D eigenvalue weighted by atomic mass is 10.1. The second-order valence-corrected chi connectivity index (χ2v) is 7.25. The first-order valence-corrected chi connectivity index (χ1v) is 6.12. The zero-order valence-corrected chi connectivity index (χ0v) is 11.5. The van der Waals surface area contributed by atoms with Gasteiger partial charge in [0.15, 0.2) is 0 Å². The van der Waals surface area contributed by atoms with Gasteiger partial charge in [-0.05, 0) is 27.3 Å². The molecule has 0 unspecified atom stereocenters. The summed E-state index contributed by atoms with van der Waals surface area (Å²) in [4.78, 5) is 10.1. The van der Waals surface area contributed by atoms with Crippen LogP contribution in [-0.2, 0) is 4.79 Å². The highest BCUT2D eigenvalue weighted by atomic mass is 79.9. The number of alkyl halides is 4. The third-order valence-electron chi connectivity index (χ3n) is 2.80. The van der Waals surface area contributed by atoms with Crippen LogP contribution in [0.3, 0.4) is 0 Å². The first-order chi connectivity index (χ1) is 6.10. The van der Waals surface area contributed by atoms with Crippen LogP contribution in [0.4, 0.5) is 4.39 Å². The molecule has 2 nitrogen and oxygen atoms in total. The highest BCUT2D eigenvalue weighted by Crippen LogP contribution is 2.64. The summed E-state index contributed by atoms with van der Waals surface area (Å²) in [5.74, 6) is -1.75. The molecule has 0 heterocycles. The average molecular weight is 352 g/mol. The van der Waals surface area contributed by atoms with Crippen molar-refractivity contribution in [2.75, 3.05) is 0 Å². The van der Waals surface area contributed by atoms with Crippen molar-refractivity contribution in [3.05, 3.63) is 0 Å². The fourth-order valence-electron chi connectivity index (χ4n) is 1.90. The van der Waals surface area contributed by atoms with E-state index in [1.165, 1.54) is 0 Å². The van der Waals surface area contributed by atoms with Gasteiger partial charge in [-0.25, -0.2) is 4.39 Å². The topological polar surface area (TPSA) is 37.3 Å². The Labute approximate surface area is 103 Å². The highest BCUT2D eigenvalue weighted by molar-refractivity contribution is 9.13. The van der Waals surface area contributed by atoms with Crippen LogP contribution in [0, 0.1) is 17.3 Å². The normalized spacial score (nSPS) is 35.9. The van der Waals surface area contributed by atoms with E-state index in [4.69, 9.17) is 16.7 Å². The van der Waals surface area contributed by atoms with E-state index < -0.39 is 26.2 Å². The predicted octanol–water partition coefficient (Wildman–Crippen LogP) is 3.36. The van der Waals surface area contributed by atoms with Crippen LogP contribution in [0.2, 0.25) is 0 Å². The minimum absolute atomic E-state index is 0.304. The second kappa shape index (κ2) is 3.59. The Hall–Kier alpha value is 0.650. The van der Waals surface area contributed by atoms with Crippen molar-refractivity contribution in [2.45, 2.75) is 22.7 Å². The SMILES string of the molecule is CC1(C)[C@@H]([C@H](Br)[C@@](F)(Cl)Br)[C@H]1C(=O)O. The summed E-state index contributed by atoms with van der Waals surface area (Å²) in [6.07, 6.45) is 0. The second-order valence-electron chi connectivity index (χ2n) is 4.11. The van der Waals surface area contributed by atoms with Crippen LogP contribution in [0.25, 0.3) is 0 Å². The Morgan fingerprint density at radius 1 is 1.71 bits per heavy atom. The van der Waals surface area contributed by atoms with Gasteiger partial charge in [0.2, 0.25) is 4.04 Å². The maximum atomic E-state index is 13.3. The van der Waals surface area contributed by atoms with Crippen molar-refractivity contribution in [1.29, 1.82) is 0 Å². The molecular weight excluding hydrogens is 342 g/mol. The molecule has 1 aliphatic rings. The van der Waals surface area contributed by atoms with Crippen LogP contribution < -0.4 is 0 Å². The molecule has 1 aliphatic carbocycles. The van der Waals surface area contributed by atoms with E-state index in [0.29, 0.717) is 0 Å². The van der Waals surface area contributed by atoms with Crippen LogP contribution >= 0.6 is 43.5 Å². The molecule has 0 radical (unpaired) electrons. The summed E-state index contributed by atoms with van der Waals surface area (Å²) in [5.41, 5.74) is -0.417. The standard InChI is InChI=1S/C8H10Br2ClFO2/c1-7(2)3(4(7)6(13)14)5(9)8(10,11)12/h3-5H,1-2H3,(H,13,14)/t3-,4+,5+,8+/m1/s1. The third-order valence-corrected chi connectivity index (χ3v) is 5.61. The van der Waals surface area contributed by atoms with E-state index in [1.54, 1.807) is 13.8 Å². The molecule has 4 atom stereocenters. The quantitative estimate of drug-likeness (QED) is 0.791. The van der Waals surface area contributed by atoms with Gasteiger partial charge in [-0.1, -0.05) is 41.4 Å². The maximum absolute atomic E-state index is 13.3. The van der Waals surface area contributed by atoms with Gasteiger partial charge >= 0.3 is 5.97 Å². The average Bonchev–Trinajstić information content (AvgIpc) is 2.49. The van der Waals surface area contributed by atoms with Gasteiger partial charge in [-0.3, -0.25) is 4.79 Å². The van der Waals surface area contributed by atoms with Gasteiger partial charge in [-0.2, -0.15) is 0 Å². The summed E-state index contributed by atoms with van der Waals surface area (Å²) in [6, 6.07) is 0. The first kappa shape index (κ1) is 12.7. The van der Waals surface area contributed by atoms with Crippen LogP contribution in [0.15, 0.2) is 0 Å². The van der Waals surface area contributed by atoms with Gasteiger partial charge in [0.1, 0.15) is 0 Å². The van der Waals surface area contributed by atoms with Crippen molar-refractivity contribution in [2.24, 2.45) is 17.3 Å². The molecule has 0 aromatic rings. The Morgan fingerprint density at radius 3 is 2.36 bits per heavy atom. The Balaban J connectivity index is 2.79. The Morgan fingerprint density at radius 2 is 2.14 bits per heavy atom. The van der Waals surface area contributed by atoms with E-state index in [0.717, 1.165) is 0 Å². The van der Waals surface area contributed by atoms with E-state index in [-0.39, 0.29) is 5.92 Å². The van der Waals surface area contributed by atoms with Crippen molar-refractivity contribution in [3.8, 4) is 0 Å². The Bertz CT molecular complexity index is 265. The number of hydrogen-bond acceptors (Lipinski definition) is 1. The zero-order valence-electron chi connectivity index (χ0n) is 7.60. The number of halogens is 4. The number of hydrogen-bond donors (Lipinski definition) is 1. The maximum Gasteiger partial charge on any atom is 0.307 e. The van der Waals surface area contributed by atoms with Crippen molar-refractivity contribution >= 4 is 49.4 Å². The first-order valence-electron chi connectivity index (χ1n) is 4.03. The number of aliphatic carboxylic acids is 1. The molecule has 1 rings (SSSR count). The summed E-state index contributed by atoms with van der Waals surface area (Å²) in [5, 5.41) is 8.87. The summed E-state index contributed by atoms with van der Waals surface area (Å²) in [7, 11) is 0. The molecule has 0 aliphatic heterocycles. The van der Waals surface area contributed by atoms with Crippen LogP contribution in [0.5, 0.6) is 0 Å². The summed E-state index contributed by atoms with van der Waals surface area (Å²) in [6.45, 7) is 3.58. The highest BCUT2D eigenvalue weighted by Gasteiger charge is 2.67. The summed E-state index contributed by atoms with van der Waals surface area (Å²) >= 11 is 11.2. The molecule has 1 saturated carbocycles. The monoisotopic (exact) mass is 350 g/mol. The minimum atomic E-state index is -2.10. The zero-order chi connectivity index (χ0) is 11.3. The number of rotatable bonds is 3. The lowest BCUT2D eigenvalue weighted by Crippen LogP contribution is -2.24. The molecule has 0 saturated heterocycles.